The maximum Gasteiger partial charge on any atom is 0.350 e. The number of hydrogen-bond acceptors (Lipinski definition) is 7. The number of aryl methyl sites for hydroxylation is 1. The van der Waals surface area contributed by atoms with Crippen LogP contribution in [0.15, 0.2) is 29.2 Å². The fraction of sp³-hybridized carbons (Fsp3) is 0.231. The minimum Gasteiger partial charge on any atom is -0.504 e. The first-order chi connectivity index (χ1) is 10.4. The smallest absolute Gasteiger partial charge is 0.350 e. The Hall–Kier alpha value is -3.10. The van der Waals surface area contributed by atoms with Crippen molar-refractivity contribution in [3.8, 4) is 17.4 Å². The van der Waals surface area contributed by atoms with Crippen molar-refractivity contribution < 1.29 is 19.5 Å². The maximum absolute atomic E-state index is 11.4. The Balaban J connectivity index is 2.29. The molecule has 0 saturated carbocycles. The molecule has 0 radical (unpaired) electrons. The molecule has 9 heteroatoms. The first-order valence-electron chi connectivity index (χ1n) is 6.13. The molecule has 0 atom stereocenters. The third-order valence-electron chi connectivity index (χ3n) is 2.90. The number of ether oxygens (including phenoxy) is 2. The van der Waals surface area contributed by atoms with E-state index in [4.69, 9.17) is 9.47 Å². The van der Waals surface area contributed by atoms with Crippen LogP contribution in [0.25, 0.3) is 0 Å². The first kappa shape index (κ1) is 15.3. The summed E-state index contributed by atoms with van der Waals surface area (Å²) in [5, 5.41) is 20.6. The van der Waals surface area contributed by atoms with Crippen LogP contribution < -0.4 is 15.2 Å². The van der Waals surface area contributed by atoms with E-state index < -0.39 is 10.6 Å². The molecular formula is C13H13N3O6. The molecule has 9 nitrogen and oxygen atoms in total. The molecule has 0 spiro atoms. The summed E-state index contributed by atoms with van der Waals surface area (Å²) in [5.74, 6) is -0.213. The van der Waals surface area contributed by atoms with E-state index in [2.05, 4.69) is 4.98 Å². The molecule has 1 aromatic carbocycles. The molecule has 0 aliphatic rings. The van der Waals surface area contributed by atoms with Gasteiger partial charge in [0, 0.05) is 19.3 Å². The number of aromatic nitrogens is 2. The number of phenols is 1. The van der Waals surface area contributed by atoms with Crippen LogP contribution >= 0.6 is 0 Å². The Bertz CT molecular complexity index is 771. The quantitative estimate of drug-likeness (QED) is 0.646. The molecule has 1 aromatic heterocycles. The molecule has 1 N–H and O–H groups in total. The monoisotopic (exact) mass is 307 g/mol. The van der Waals surface area contributed by atoms with Gasteiger partial charge in [0.05, 0.1) is 23.7 Å². The zero-order valence-electron chi connectivity index (χ0n) is 11.8. The number of hydrogen-bond donors (Lipinski definition) is 1. The van der Waals surface area contributed by atoms with E-state index in [9.17, 15) is 20.0 Å². The van der Waals surface area contributed by atoms with Crippen LogP contribution in [0.3, 0.4) is 0 Å². The number of rotatable bonds is 5. The molecule has 22 heavy (non-hydrogen) atoms. The second-order valence-electron chi connectivity index (χ2n) is 4.36. The predicted octanol–water partition coefficient (Wildman–Crippen LogP) is 0.982. The maximum atomic E-state index is 11.4. The minimum absolute atomic E-state index is 0.0458. The van der Waals surface area contributed by atoms with Crippen molar-refractivity contribution in [2.75, 3.05) is 7.11 Å². The zero-order chi connectivity index (χ0) is 16.3. The fourth-order valence-corrected chi connectivity index (χ4v) is 1.73. The number of nitro benzene ring substituents is 1. The number of nitro groups is 1. The van der Waals surface area contributed by atoms with Gasteiger partial charge in [-0.1, -0.05) is 0 Å². The summed E-state index contributed by atoms with van der Waals surface area (Å²) in [4.78, 5) is 25.4. The Morgan fingerprint density at radius 2 is 2.18 bits per heavy atom. The highest BCUT2D eigenvalue weighted by molar-refractivity contribution is 5.53. The van der Waals surface area contributed by atoms with Gasteiger partial charge in [-0.2, -0.15) is 4.98 Å². The standard InChI is InChI=1S/C13H13N3O6/c1-15-4-3-12(14-13(15)18)22-7-8-5-11(21-2)10(17)6-9(8)16(19)20/h3-6,17H,7H2,1-2H3. The molecule has 116 valence electrons. The third kappa shape index (κ3) is 3.14. The van der Waals surface area contributed by atoms with Crippen LogP contribution in [0.2, 0.25) is 0 Å². The Morgan fingerprint density at radius 1 is 1.45 bits per heavy atom. The van der Waals surface area contributed by atoms with Crippen LogP contribution in [-0.2, 0) is 13.7 Å². The molecule has 2 rings (SSSR count). The highest BCUT2D eigenvalue weighted by Gasteiger charge is 2.19. The molecule has 0 bridgehead atoms. The molecule has 2 aromatic rings. The van der Waals surface area contributed by atoms with E-state index in [1.165, 1.54) is 37.1 Å². The van der Waals surface area contributed by atoms with Gasteiger partial charge in [-0.15, -0.1) is 0 Å². The zero-order valence-corrected chi connectivity index (χ0v) is 11.8. The molecule has 0 aliphatic carbocycles. The Morgan fingerprint density at radius 3 is 2.77 bits per heavy atom. The van der Waals surface area contributed by atoms with Gasteiger partial charge in [-0.3, -0.25) is 10.1 Å². The summed E-state index contributed by atoms with van der Waals surface area (Å²) in [7, 11) is 2.86. The highest BCUT2D eigenvalue weighted by atomic mass is 16.6. The van der Waals surface area contributed by atoms with Crippen molar-refractivity contribution in [3.05, 3.63) is 50.6 Å². The topological polar surface area (TPSA) is 117 Å². The van der Waals surface area contributed by atoms with E-state index in [0.29, 0.717) is 0 Å². The molecule has 0 fully saturated rings. The fourth-order valence-electron chi connectivity index (χ4n) is 1.73. The van der Waals surface area contributed by atoms with Gasteiger partial charge in [0.15, 0.2) is 11.5 Å². The largest absolute Gasteiger partial charge is 0.504 e. The third-order valence-corrected chi connectivity index (χ3v) is 2.90. The van der Waals surface area contributed by atoms with Gasteiger partial charge < -0.3 is 19.1 Å². The lowest BCUT2D eigenvalue weighted by Crippen LogP contribution is -2.19. The number of phenolic OH excluding ortho intramolecular Hbond substituents is 1. The van der Waals surface area contributed by atoms with Gasteiger partial charge in [0.1, 0.15) is 6.61 Å². The average Bonchev–Trinajstić information content (AvgIpc) is 2.48. The summed E-state index contributed by atoms with van der Waals surface area (Å²) in [6, 6.07) is 3.74. The van der Waals surface area contributed by atoms with Gasteiger partial charge >= 0.3 is 5.69 Å². The van der Waals surface area contributed by atoms with Crippen LogP contribution in [0.5, 0.6) is 17.4 Å². The van der Waals surface area contributed by atoms with Crippen molar-refractivity contribution in [2.24, 2.45) is 7.05 Å². The van der Waals surface area contributed by atoms with Crippen LogP contribution in [0.1, 0.15) is 5.56 Å². The lowest BCUT2D eigenvalue weighted by molar-refractivity contribution is -0.385. The van der Waals surface area contributed by atoms with Gasteiger partial charge in [-0.05, 0) is 6.07 Å². The van der Waals surface area contributed by atoms with Crippen LogP contribution in [0.4, 0.5) is 5.69 Å². The van der Waals surface area contributed by atoms with E-state index in [1.807, 2.05) is 0 Å². The summed E-state index contributed by atoms with van der Waals surface area (Å²) in [5.41, 5.74) is -0.639. The molecule has 0 aliphatic heterocycles. The first-order valence-corrected chi connectivity index (χ1v) is 6.13. The summed E-state index contributed by atoms with van der Waals surface area (Å²) >= 11 is 0. The second kappa shape index (κ2) is 6.12. The predicted molar refractivity (Wildman–Crippen MR) is 75.1 cm³/mol. The normalized spacial score (nSPS) is 10.3. The van der Waals surface area contributed by atoms with Crippen molar-refractivity contribution in [1.29, 1.82) is 0 Å². The lowest BCUT2D eigenvalue weighted by Gasteiger charge is -2.09. The Labute approximate surface area is 124 Å². The second-order valence-corrected chi connectivity index (χ2v) is 4.36. The molecular weight excluding hydrogens is 294 g/mol. The van der Waals surface area contributed by atoms with E-state index in [1.54, 1.807) is 0 Å². The molecule has 0 amide bonds. The molecule has 0 saturated heterocycles. The van der Waals surface area contributed by atoms with Crippen LogP contribution in [0, 0.1) is 10.1 Å². The van der Waals surface area contributed by atoms with Crippen LogP contribution in [-0.4, -0.2) is 26.7 Å². The molecule has 0 unspecified atom stereocenters. The van der Waals surface area contributed by atoms with E-state index >= 15 is 0 Å². The van der Waals surface area contributed by atoms with E-state index in [0.717, 1.165) is 6.07 Å². The van der Waals surface area contributed by atoms with Crippen molar-refractivity contribution in [1.82, 2.24) is 9.55 Å². The van der Waals surface area contributed by atoms with Crippen molar-refractivity contribution in [2.45, 2.75) is 6.61 Å². The summed E-state index contributed by atoms with van der Waals surface area (Å²) < 4.78 is 11.5. The van der Waals surface area contributed by atoms with E-state index in [-0.39, 0.29) is 35.2 Å². The van der Waals surface area contributed by atoms with Crippen molar-refractivity contribution >= 4 is 5.69 Å². The van der Waals surface area contributed by atoms with Gasteiger partial charge in [0.2, 0.25) is 5.88 Å². The average molecular weight is 307 g/mol. The number of aromatic hydroxyl groups is 1. The number of benzene rings is 1. The highest BCUT2D eigenvalue weighted by Crippen LogP contribution is 2.33. The SMILES string of the molecule is COc1cc(COc2ccn(C)c(=O)n2)c([N+](=O)[O-])cc1O. The van der Waals surface area contributed by atoms with Crippen molar-refractivity contribution in [3.63, 3.8) is 0 Å². The van der Waals surface area contributed by atoms with Gasteiger partial charge in [-0.25, -0.2) is 4.79 Å². The molecule has 1 heterocycles. The summed E-state index contributed by atoms with van der Waals surface area (Å²) in [6.45, 7) is -0.201. The summed E-state index contributed by atoms with van der Waals surface area (Å²) in [6.07, 6.45) is 1.47. The number of nitrogens with zero attached hydrogens (tertiary/aromatic N) is 3. The lowest BCUT2D eigenvalue weighted by atomic mass is 10.1. The Kier molecular flexibility index (Phi) is 4.25. The number of methoxy groups -OCH3 is 1. The van der Waals surface area contributed by atoms with Gasteiger partial charge in [0.25, 0.3) is 5.69 Å². The minimum atomic E-state index is -0.644.